The molecule has 3 rings (SSSR count). The number of thioether (sulfide) groups is 1. The van der Waals surface area contributed by atoms with Crippen LogP contribution in [-0.4, -0.2) is 26.4 Å². The van der Waals surface area contributed by atoms with Crippen LogP contribution >= 0.6 is 27.7 Å². The van der Waals surface area contributed by atoms with Gasteiger partial charge in [0.15, 0.2) is 11.0 Å². The number of ether oxygens (including phenoxy) is 1. The Morgan fingerprint density at radius 1 is 1.14 bits per heavy atom. The molecule has 1 N–H and O–H groups in total. The fourth-order valence-corrected chi connectivity index (χ4v) is 3.55. The second kappa shape index (κ2) is 9.93. The number of hydrogen-bond donors (Lipinski definition) is 1. The highest BCUT2D eigenvalue weighted by atomic mass is 79.9. The first-order chi connectivity index (χ1) is 13.9. The molecular weight excluding hydrogens is 452 g/mol. The molecule has 0 unspecified atom stereocenters. The van der Waals surface area contributed by atoms with Crippen LogP contribution < -0.4 is 10.1 Å². The van der Waals surface area contributed by atoms with E-state index in [0.29, 0.717) is 23.5 Å². The monoisotopic (exact) mass is 474 g/mol. The van der Waals surface area contributed by atoms with E-state index in [0.717, 1.165) is 15.9 Å². The number of benzene rings is 2. The lowest BCUT2D eigenvalue weighted by atomic mass is 10.0. The molecule has 0 bridgehead atoms. The molecule has 8 heteroatoms. The smallest absolute Gasteiger partial charge is 0.234 e. The van der Waals surface area contributed by atoms with Gasteiger partial charge in [0.05, 0.1) is 5.75 Å². The molecule has 2 aromatic carbocycles. The Hall–Kier alpha value is -2.32. The van der Waals surface area contributed by atoms with E-state index in [1.54, 1.807) is 0 Å². The van der Waals surface area contributed by atoms with Crippen molar-refractivity contribution in [3.05, 3.63) is 64.4 Å². The van der Waals surface area contributed by atoms with Gasteiger partial charge in [-0.05, 0) is 47.9 Å². The Balaban J connectivity index is 1.50. The first kappa shape index (κ1) is 21.4. The predicted molar refractivity (Wildman–Crippen MR) is 119 cm³/mol. The van der Waals surface area contributed by atoms with E-state index < -0.39 is 0 Å². The SMILES string of the molecule is CC(C)c1ccc(OCc2nnc(SCC(=O)Nc3ccc(Br)cc3)n2C)cc1. The molecule has 152 valence electrons. The molecule has 0 spiro atoms. The summed E-state index contributed by atoms with van der Waals surface area (Å²) in [5.74, 6) is 2.14. The highest BCUT2D eigenvalue weighted by molar-refractivity contribution is 9.10. The van der Waals surface area contributed by atoms with Crippen molar-refractivity contribution in [2.75, 3.05) is 11.1 Å². The first-order valence-corrected chi connectivity index (χ1v) is 11.0. The van der Waals surface area contributed by atoms with Crippen LogP contribution in [0.1, 0.15) is 31.2 Å². The zero-order chi connectivity index (χ0) is 20.8. The topological polar surface area (TPSA) is 69.0 Å². The molecule has 29 heavy (non-hydrogen) atoms. The molecule has 1 amide bonds. The third kappa shape index (κ3) is 6.08. The second-order valence-electron chi connectivity index (χ2n) is 6.81. The van der Waals surface area contributed by atoms with E-state index >= 15 is 0 Å². The van der Waals surface area contributed by atoms with Gasteiger partial charge >= 0.3 is 0 Å². The maximum absolute atomic E-state index is 12.1. The highest BCUT2D eigenvalue weighted by Gasteiger charge is 2.12. The lowest BCUT2D eigenvalue weighted by Gasteiger charge is -2.09. The normalized spacial score (nSPS) is 10.9. The van der Waals surface area contributed by atoms with E-state index in [1.165, 1.54) is 17.3 Å². The van der Waals surface area contributed by atoms with Crippen molar-refractivity contribution in [1.29, 1.82) is 0 Å². The average molecular weight is 475 g/mol. The number of nitrogens with zero attached hydrogens (tertiary/aromatic N) is 3. The van der Waals surface area contributed by atoms with Gasteiger partial charge in [0, 0.05) is 17.2 Å². The van der Waals surface area contributed by atoms with Gasteiger partial charge in [-0.25, -0.2) is 0 Å². The Morgan fingerprint density at radius 3 is 2.48 bits per heavy atom. The summed E-state index contributed by atoms with van der Waals surface area (Å²) in [6.45, 7) is 4.64. The van der Waals surface area contributed by atoms with E-state index in [9.17, 15) is 4.79 Å². The molecule has 0 aliphatic rings. The largest absolute Gasteiger partial charge is 0.486 e. The Bertz CT molecular complexity index is 956. The molecule has 1 aromatic heterocycles. The minimum Gasteiger partial charge on any atom is -0.486 e. The summed E-state index contributed by atoms with van der Waals surface area (Å²) >= 11 is 4.71. The summed E-state index contributed by atoms with van der Waals surface area (Å²) in [5, 5.41) is 11.9. The van der Waals surface area contributed by atoms with Gasteiger partial charge in [0.25, 0.3) is 0 Å². The quantitative estimate of drug-likeness (QED) is 0.464. The lowest BCUT2D eigenvalue weighted by Crippen LogP contribution is -2.14. The molecular formula is C21H23BrN4O2S. The molecule has 0 fully saturated rings. The summed E-state index contributed by atoms with van der Waals surface area (Å²) in [6, 6.07) is 15.5. The average Bonchev–Trinajstić information content (AvgIpc) is 3.06. The van der Waals surface area contributed by atoms with Crippen molar-refractivity contribution in [2.24, 2.45) is 7.05 Å². The molecule has 0 aliphatic heterocycles. The fourth-order valence-electron chi connectivity index (χ4n) is 2.55. The van der Waals surface area contributed by atoms with Gasteiger partial charge in [-0.1, -0.05) is 53.7 Å². The van der Waals surface area contributed by atoms with E-state index in [2.05, 4.69) is 57.4 Å². The van der Waals surface area contributed by atoms with E-state index in [1.807, 2.05) is 48.0 Å². The van der Waals surface area contributed by atoms with Crippen molar-refractivity contribution in [2.45, 2.75) is 31.5 Å². The summed E-state index contributed by atoms with van der Waals surface area (Å²) in [4.78, 5) is 12.1. The Kier molecular flexibility index (Phi) is 7.33. The van der Waals surface area contributed by atoms with Crippen LogP contribution in [0, 0.1) is 0 Å². The van der Waals surface area contributed by atoms with Crippen molar-refractivity contribution in [3.8, 4) is 5.75 Å². The van der Waals surface area contributed by atoms with Crippen molar-refractivity contribution in [3.63, 3.8) is 0 Å². The zero-order valence-electron chi connectivity index (χ0n) is 16.6. The van der Waals surface area contributed by atoms with Crippen molar-refractivity contribution in [1.82, 2.24) is 14.8 Å². The zero-order valence-corrected chi connectivity index (χ0v) is 19.0. The van der Waals surface area contributed by atoms with Crippen LogP contribution in [0.25, 0.3) is 0 Å². The minimum atomic E-state index is -0.0941. The summed E-state index contributed by atoms with van der Waals surface area (Å²) in [7, 11) is 1.87. The van der Waals surface area contributed by atoms with Gasteiger partial charge < -0.3 is 14.6 Å². The Labute approximate surface area is 183 Å². The molecule has 0 radical (unpaired) electrons. The number of nitrogens with one attached hydrogen (secondary N) is 1. The van der Waals surface area contributed by atoms with Crippen molar-refractivity contribution >= 4 is 39.3 Å². The number of anilines is 1. The van der Waals surface area contributed by atoms with Gasteiger partial charge in [-0.3, -0.25) is 4.79 Å². The third-order valence-corrected chi connectivity index (χ3v) is 5.85. The lowest BCUT2D eigenvalue weighted by molar-refractivity contribution is -0.113. The molecule has 1 heterocycles. The van der Waals surface area contributed by atoms with Crippen LogP contribution in [0.4, 0.5) is 5.69 Å². The van der Waals surface area contributed by atoms with Gasteiger partial charge in [0.2, 0.25) is 5.91 Å². The molecule has 0 atom stereocenters. The molecule has 3 aromatic rings. The fraction of sp³-hybridized carbons (Fsp3) is 0.286. The van der Waals surface area contributed by atoms with Crippen LogP contribution in [0.2, 0.25) is 0 Å². The van der Waals surface area contributed by atoms with Crippen LogP contribution in [0.5, 0.6) is 5.75 Å². The first-order valence-electron chi connectivity index (χ1n) is 9.21. The number of hydrogen-bond acceptors (Lipinski definition) is 5. The number of aromatic nitrogens is 3. The van der Waals surface area contributed by atoms with Crippen LogP contribution in [0.3, 0.4) is 0 Å². The van der Waals surface area contributed by atoms with Gasteiger partial charge in [-0.15, -0.1) is 10.2 Å². The number of halogens is 1. The number of carbonyl (C=O) groups excluding carboxylic acids is 1. The highest BCUT2D eigenvalue weighted by Crippen LogP contribution is 2.21. The third-order valence-electron chi connectivity index (χ3n) is 4.30. The summed E-state index contributed by atoms with van der Waals surface area (Å²) in [5.41, 5.74) is 2.03. The van der Waals surface area contributed by atoms with Crippen molar-refractivity contribution < 1.29 is 9.53 Å². The summed E-state index contributed by atoms with van der Waals surface area (Å²) in [6.07, 6.45) is 0. The molecule has 6 nitrogen and oxygen atoms in total. The standard InChI is InChI=1S/C21H23BrN4O2S/c1-14(2)15-4-10-18(11-5-15)28-12-19-24-25-21(26(19)3)29-13-20(27)23-17-8-6-16(22)7-9-17/h4-11,14H,12-13H2,1-3H3,(H,23,27). The maximum Gasteiger partial charge on any atom is 0.234 e. The Morgan fingerprint density at radius 2 is 1.83 bits per heavy atom. The number of rotatable bonds is 8. The van der Waals surface area contributed by atoms with E-state index in [-0.39, 0.29) is 11.7 Å². The number of amides is 1. The second-order valence-corrected chi connectivity index (χ2v) is 8.67. The van der Waals surface area contributed by atoms with Crippen LogP contribution in [0.15, 0.2) is 58.2 Å². The van der Waals surface area contributed by atoms with Gasteiger partial charge in [0.1, 0.15) is 12.4 Å². The van der Waals surface area contributed by atoms with Gasteiger partial charge in [-0.2, -0.15) is 0 Å². The predicted octanol–water partition coefficient (Wildman–Crippen LogP) is 5.01. The van der Waals surface area contributed by atoms with E-state index in [4.69, 9.17) is 4.74 Å². The number of carbonyl (C=O) groups is 1. The van der Waals surface area contributed by atoms with Crippen LogP contribution in [-0.2, 0) is 18.4 Å². The minimum absolute atomic E-state index is 0.0941. The maximum atomic E-state index is 12.1. The molecule has 0 saturated carbocycles. The summed E-state index contributed by atoms with van der Waals surface area (Å²) < 4.78 is 8.63. The molecule has 0 saturated heterocycles. The molecule has 0 aliphatic carbocycles.